The molecule has 2 N–H and O–H groups in total. The van der Waals surface area contributed by atoms with E-state index in [-0.39, 0.29) is 0 Å². The maximum absolute atomic E-state index is 5.69. The lowest BCUT2D eigenvalue weighted by molar-refractivity contribution is 0.797. The zero-order valence-corrected chi connectivity index (χ0v) is 11.9. The van der Waals surface area contributed by atoms with Gasteiger partial charge < -0.3 is 10.3 Å². The number of hydrogen-bond donors (Lipinski definition) is 1. The molecule has 0 aliphatic carbocycles. The first-order valence-corrected chi connectivity index (χ1v) is 7.22. The van der Waals surface area contributed by atoms with Crippen LogP contribution in [0.15, 0.2) is 23.7 Å². The number of aryl methyl sites for hydroxylation is 2. The minimum atomic E-state index is 0.545. The summed E-state index contributed by atoms with van der Waals surface area (Å²) in [7, 11) is 0. The fourth-order valence-corrected chi connectivity index (χ4v) is 3.11. The second-order valence-corrected chi connectivity index (χ2v) is 5.33. The number of hydrogen-bond acceptors (Lipinski definition) is 4. The van der Waals surface area contributed by atoms with Crippen LogP contribution in [0.2, 0.25) is 0 Å². The zero-order valence-electron chi connectivity index (χ0n) is 11.1. The number of rotatable bonds is 3. The molecule has 19 heavy (non-hydrogen) atoms. The normalized spacial score (nSPS) is 11.3. The van der Waals surface area contributed by atoms with Gasteiger partial charge in [0.15, 0.2) is 5.82 Å². The van der Waals surface area contributed by atoms with E-state index >= 15 is 0 Å². The molecule has 1 aromatic carbocycles. The van der Waals surface area contributed by atoms with Gasteiger partial charge in [0.05, 0.1) is 27.1 Å². The molecule has 3 rings (SSSR count). The van der Waals surface area contributed by atoms with Gasteiger partial charge in [-0.2, -0.15) is 0 Å². The number of fused-ring (bicyclic) bond motifs is 1. The molecule has 2 aromatic heterocycles. The molecule has 0 atom stereocenters. The first-order valence-electron chi connectivity index (χ1n) is 6.34. The number of nitrogens with zero attached hydrogens (tertiary/aromatic N) is 3. The average Bonchev–Trinajstić information content (AvgIpc) is 3.00. The maximum atomic E-state index is 5.69. The molecule has 0 saturated heterocycles. The molecule has 5 heteroatoms. The molecule has 0 fully saturated rings. The van der Waals surface area contributed by atoms with Gasteiger partial charge in [0.25, 0.3) is 0 Å². The molecule has 0 aliphatic heterocycles. The highest BCUT2D eigenvalue weighted by Crippen LogP contribution is 2.30. The van der Waals surface area contributed by atoms with Crippen LogP contribution in [-0.4, -0.2) is 14.5 Å². The number of imidazole rings is 1. The topological polar surface area (TPSA) is 56.7 Å². The van der Waals surface area contributed by atoms with Gasteiger partial charge in [-0.15, -0.1) is 11.3 Å². The maximum Gasteiger partial charge on any atom is 0.153 e. The summed E-state index contributed by atoms with van der Waals surface area (Å²) in [5, 5.41) is 0. The number of benzene rings is 1. The van der Waals surface area contributed by atoms with Crippen LogP contribution in [0.25, 0.3) is 21.7 Å². The monoisotopic (exact) mass is 272 g/mol. The third-order valence-electron chi connectivity index (χ3n) is 3.31. The molecule has 98 valence electrons. The quantitative estimate of drug-likeness (QED) is 0.797. The van der Waals surface area contributed by atoms with Crippen molar-refractivity contribution < 1.29 is 0 Å². The van der Waals surface area contributed by atoms with Crippen LogP contribution in [0.5, 0.6) is 0 Å². The molecule has 2 heterocycles. The lowest BCUT2D eigenvalue weighted by Gasteiger charge is -2.04. The van der Waals surface area contributed by atoms with Gasteiger partial charge in [-0.05, 0) is 31.5 Å². The third-order valence-corrected chi connectivity index (χ3v) is 4.24. The minimum Gasteiger partial charge on any atom is -0.326 e. The Bertz CT molecular complexity index is 726. The third kappa shape index (κ3) is 1.95. The average molecular weight is 272 g/mol. The summed E-state index contributed by atoms with van der Waals surface area (Å²) < 4.78 is 2.23. The van der Waals surface area contributed by atoms with Gasteiger partial charge in [0.2, 0.25) is 0 Å². The predicted octanol–water partition coefficient (Wildman–Crippen LogP) is 2.95. The lowest BCUT2D eigenvalue weighted by Crippen LogP contribution is -1.98. The van der Waals surface area contributed by atoms with Crippen LogP contribution in [0, 0.1) is 6.92 Å². The number of nitrogens with two attached hydrogens (primary N) is 1. The van der Waals surface area contributed by atoms with E-state index in [9.17, 15) is 0 Å². The Balaban J connectivity index is 2.27. The van der Waals surface area contributed by atoms with Crippen LogP contribution < -0.4 is 5.73 Å². The van der Waals surface area contributed by atoms with Crippen molar-refractivity contribution in [2.75, 3.05) is 0 Å². The van der Waals surface area contributed by atoms with E-state index in [1.54, 1.807) is 11.3 Å². The fraction of sp³-hybridized carbons (Fsp3) is 0.286. The van der Waals surface area contributed by atoms with E-state index in [0.29, 0.717) is 6.54 Å². The van der Waals surface area contributed by atoms with Crippen LogP contribution in [0.3, 0.4) is 0 Å². The fourth-order valence-electron chi connectivity index (χ4n) is 2.31. The molecular formula is C14H16N4S. The lowest BCUT2D eigenvalue weighted by atomic mass is 10.2. The highest BCUT2D eigenvalue weighted by molar-refractivity contribution is 7.13. The highest BCUT2D eigenvalue weighted by Gasteiger charge is 2.15. The summed E-state index contributed by atoms with van der Waals surface area (Å²) in [6.07, 6.45) is 0. The highest BCUT2D eigenvalue weighted by atomic mass is 32.1. The Morgan fingerprint density at radius 2 is 2.21 bits per heavy atom. The first-order chi connectivity index (χ1) is 9.24. The van der Waals surface area contributed by atoms with Crippen molar-refractivity contribution in [1.82, 2.24) is 14.5 Å². The summed E-state index contributed by atoms with van der Waals surface area (Å²) in [4.78, 5) is 10.2. The Morgan fingerprint density at radius 3 is 2.84 bits per heavy atom. The van der Waals surface area contributed by atoms with Crippen molar-refractivity contribution in [3.05, 3.63) is 35.0 Å². The van der Waals surface area contributed by atoms with Gasteiger partial charge >= 0.3 is 0 Å². The van der Waals surface area contributed by atoms with Gasteiger partial charge in [-0.3, -0.25) is 0 Å². The van der Waals surface area contributed by atoms with Crippen molar-refractivity contribution in [2.45, 2.75) is 26.9 Å². The summed E-state index contributed by atoms with van der Waals surface area (Å²) in [5.41, 5.74) is 11.9. The second kappa shape index (κ2) is 4.75. The van der Waals surface area contributed by atoms with E-state index in [1.807, 2.05) is 12.4 Å². The number of aromatic nitrogens is 3. The molecule has 4 nitrogen and oxygen atoms in total. The van der Waals surface area contributed by atoms with E-state index in [2.05, 4.69) is 34.7 Å². The van der Waals surface area contributed by atoms with E-state index in [4.69, 9.17) is 10.7 Å². The minimum absolute atomic E-state index is 0.545. The van der Waals surface area contributed by atoms with Crippen LogP contribution in [0.4, 0.5) is 0 Å². The Labute approximate surface area is 115 Å². The van der Waals surface area contributed by atoms with E-state index < -0.39 is 0 Å². The smallest absolute Gasteiger partial charge is 0.153 e. The summed E-state index contributed by atoms with van der Waals surface area (Å²) in [5.74, 6) is 1.01. The number of thiazole rings is 1. The summed E-state index contributed by atoms with van der Waals surface area (Å²) >= 11 is 1.64. The largest absolute Gasteiger partial charge is 0.326 e. The van der Waals surface area contributed by atoms with Crippen molar-refractivity contribution in [1.29, 1.82) is 0 Å². The van der Waals surface area contributed by atoms with Crippen molar-refractivity contribution in [3.63, 3.8) is 0 Å². The van der Waals surface area contributed by atoms with Crippen molar-refractivity contribution in [3.8, 4) is 10.7 Å². The van der Waals surface area contributed by atoms with Gasteiger partial charge in [0.1, 0.15) is 0 Å². The van der Waals surface area contributed by atoms with Gasteiger partial charge in [-0.1, -0.05) is 6.07 Å². The molecule has 0 aliphatic rings. The molecule has 3 aromatic rings. The summed E-state index contributed by atoms with van der Waals surface area (Å²) in [6, 6.07) is 6.24. The zero-order chi connectivity index (χ0) is 13.4. The summed E-state index contributed by atoms with van der Waals surface area (Å²) in [6.45, 7) is 5.60. The molecule has 0 amide bonds. The molecule has 0 bridgehead atoms. The SMILES string of the molecule is CCn1c(-c2scnc2C)nc2cc(CN)ccc21. The Kier molecular flexibility index (Phi) is 3.08. The molecular weight excluding hydrogens is 256 g/mol. The van der Waals surface area contributed by atoms with Crippen LogP contribution in [-0.2, 0) is 13.1 Å². The van der Waals surface area contributed by atoms with Crippen LogP contribution >= 0.6 is 11.3 Å². The second-order valence-electron chi connectivity index (χ2n) is 4.47. The van der Waals surface area contributed by atoms with Crippen molar-refractivity contribution >= 4 is 22.4 Å². The van der Waals surface area contributed by atoms with Crippen LogP contribution in [0.1, 0.15) is 18.2 Å². The Hall–Kier alpha value is -1.72. The predicted molar refractivity (Wildman–Crippen MR) is 79.1 cm³/mol. The standard InChI is InChI=1S/C14H16N4S/c1-3-18-12-5-4-10(7-15)6-11(12)17-14(18)13-9(2)16-8-19-13/h4-6,8H,3,7,15H2,1-2H3. The van der Waals surface area contributed by atoms with Gasteiger partial charge in [-0.25, -0.2) is 9.97 Å². The van der Waals surface area contributed by atoms with Gasteiger partial charge in [0, 0.05) is 13.1 Å². The molecule has 0 saturated carbocycles. The van der Waals surface area contributed by atoms with E-state index in [1.165, 1.54) is 0 Å². The van der Waals surface area contributed by atoms with E-state index in [0.717, 1.165) is 39.5 Å². The molecule has 0 radical (unpaired) electrons. The first kappa shape index (κ1) is 12.3. The molecule has 0 spiro atoms. The van der Waals surface area contributed by atoms with Crippen molar-refractivity contribution in [2.24, 2.45) is 5.73 Å². The molecule has 0 unspecified atom stereocenters. The Morgan fingerprint density at radius 1 is 1.37 bits per heavy atom.